The van der Waals surface area contributed by atoms with Crippen molar-refractivity contribution in [2.24, 2.45) is 5.92 Å². The highest BCUT2D eigenvalue weighted by Crippen LogP contribution is 2.22. The number of unbranched alkanes of at least 4 members (excludes halogenated alkanes) is 37. The van der Waals surface area contributed by atoms with E-state index in [4.69, 9.17) is 9.47 Å². The topological polar surface area (TPSA) is 89.9 Å². The minimum Gasteiger partial charge on any atom is -0.481 e. The second-order valence-electron chi connectivity index (χ2n) is 18.4. The monoisotopic (exact) mass is 835 g/mol. The van der Waals surface area contributed by atoms with Gasteiger partial charge in [-0.2, -0.15) is 0 Å². The Hall–Kier alpha value is -1.59. The Labute approximate surface area is 367 Å². The van der Waals surface area contributed by atoms with Gasteiger partial charge < -0.3 is 14.6 Å². The predicted octanol–water partition coefficient (Wildman–Crippen LogP) is 17.4. The average molecular weight is 835 g/mol. The highest BCUT2D eigenvalue weighted by Gasteiger charge is 2.26. The number of carbonyl (C=O) groups excluding carboxylic acids is 2. The number of carboxylic acid groups (broad SMARTS) is 1. The first-order valence-corrected chi connectivity index (χ1v) is 26.5. The standard InChI is InChI=1S/C53H102O6/c1-4-7-10-13-16-19-22-25-28-29-32-35-38-41-44-49(53(56)57)47-50(59-52(55)46-43-40-37-34-31-27-24-21-18-15-12-9-6-3)48-58-51(54)45-42-39-36-33-30-26-23-20-17-14-11-8-5-2/h49-50H,4-48H2,1-3H3,(H,56,57)/t49-,50?/m1/s1. The summed E-state index contributed by atoms with van der Waals surface area (Å²) in [5.74, 6) is -2.03. The summed E-state index contributed by atoms with van der Waals surface area (Å²) in [6.45, 7) is 6.74. The number of carboxylic acids is 1. The third kappa shape index (κ3) is 44.3. The van der Waals surface area contributed by atoms with Crippen LogP contribution in [0.5, 0.6) is 0 Å². The highest BCUT2D eigenvalue weighted by molar-refractivity contribution is 5.71. The molecule has 0 bridgehead atoms. The summed E-state index contributed by atoms with van der Waals surface area (Å²) in [5, 5.41) is 10.1. The molecule has 0 saturated carbocycles. The van der Waals surface area contributed by atoms with Crippen LogP contribution in [0.25, 0.3) is 0 Å². The highest BCUT2D eigenvalue weighted by atomic mass is 16.6. The van der Waals surface area contributed by atoms with Crippen LogP contribution in [0.15, 0.2) is 0 Å². The van der Waals surface area contributed by atoms with Crippen molar-refractivity contribution in [1.82, 2.24) is 0 Å². The summed E-state index contributed by atoms with van der Waals surface area (Å²) in [5.41, 5.74) is 0. The quantitative estimate of drug-likeness (QED) is 0.0485. The van der Waals surface area contributed by atoms with Gasteiger partial charge in [-0.1, -0.05) is 265 Å². The lowest BCUT2D eigenvalue weighted by Gasteiger charge is -2.22. The first kappa shape index (κ1) is 57.4. The minimum absolute atomic E-state index is 0.0514. The SMILES string of the molecule is CCCCCCCCCCCCCCCC[C@H](CC(COC(=O)CCCCCCCCCCCCCCC)OC(=O)CCCCCCCCCCCCCCC)C(=O)O. The Morgan fingerprint density at radius 1 is 0.373 bits per heavy atom. The van der Waals surface area contributed by atoms with Crippen molar-refractivity contribution in [2.45, 2.75) is 309 Å². The summed E-state index contributed by atoms with van der Waals surface area (Å²) in [6.07, 6.45) is 50.9. The number of carbonyl (C=O) groups is 3. The van der Waals surface area contributed by atoms with E-state index in [1.165, 1.54) is 199 Å². The summed E-state index contributed by atoms with van der Waals surface area (Å²) >= 11 is 0. The van der Waals surface area contributed by atoms with Crippen LogP contribution in [0.1, 0.15) is 303 Å². The molecule has 0 spiro atoms. The molecule has 6 heteroatoms. The minimum atomic E-state index is -0.851. The van der Waals surface area contributed by atoms with Crippen LogP contribution in [0.2, 0.25) is 0 Å². The largest absolute Gasteiger partial charge is 0.481 e. The van der Waals surface area contributed by atoms with Gasteiger partial charge in [-0.15, -0.1) is 0 Å². The number of hydrogen-bond donors (Lipinski definition) is 1. The molecule has 2 atom stereocenters. The first-order chi connectivity index (χ1) is 28.9. The zero-order chi connectivity index (χ0) is 43.1. The van der Waals surface area contributed by atoms with Crippen molar-refractivity contribution in [3.05, 3.63) is 0 Å². The Morgan fingerprint density at radius 2 is 0.644 bits per heavy atom. The van der Waals surface area contributed by atoms with Crippen LogP contribution < -0.4 is 0 Å². The number of aliphatic carboxylic acids is 1. The van der Waals surface area contributed by atoms with Crippen LogP contribution in [0, 0.1) is 5.92 Å². The van der Waals surface area contributed by atoms with E-state index in [1.54, 1.807) is 0 Å². The van der Waals surface area contributed by atoms with Crippen molar-refractivity contribution in [3.63, 3.8) is 0 Å². The lowest BCUT2D eigenvalue weighted by Crippen LogP contribution is -2.30. The van der Waals surface area contributed by atoms with Gasteiger partial charge in [-0.3, -0.25) is 14.4 Å². The summed E-state index contributed by atoms with van der Waals surface area (Å²) in [7, 11) is 0. The van der Waals surface area contributed by atoms with Gasteiger partial charge in [0.2, 0.25) is 0 Å². The second-order valence-corrected chi connectivity index (χ2v) is 18.4. The van der Waals surface area contributed by atoms with Gasteiger partial charge in [0.1, 0.15) is 12.7 Å². The van der Waals surface area contributed by atoms with Crippen LogP contribution in [0.4, 0.5) is 0 Å². The zero-order valence-corrected chi connectivity index (χ0v) is 40.0. The molecule has 0 fully saturated rings. The fourth-order valence-corrected chi connectivity index (χ4v) is 8.47. The third-order valence-corrected chi connectivity index (χ3v) is 12.5. The van der Waals surface area contributed by atoms with E-state index in [9.17, 15) is 19.5 Å². The van der Waals surface area contributed by atoms with E-state index in [2.05, 4.69) is 20.8 Å². The molecular formula is C53H102O6. The average Bonchev–Trinajstić information content (AvgIpc) is 3.22. The van der Waals surface area contributed by atoms with Crippen LogP contribution in [-0.4, -0.2) is 35.7 Å². The third-order valence-electron chi connectivity index (χ3n) is 12.5. The van der Waals surface area contributed by atoms with Gasteiger partial charge in [0, 0.05) is 19.3 Å². The maximum atomic E-state index is 12.9. The molecule has 0 aromatic heterocycles. The summed E-state index contributed by atoms with van der Waals surface area (Å²) < 4.78 is 11.5. The van der Waals surface area contributed by atoms with Gasteiger partial charge in [0.25, 0.3) is 0 Å². The molecule has 1 unspecified atom stereocenters. The normalized spacial score (nSPS) is 12.5. The van der Waals surface area contributed by atoms with E-state index in [0.717, 1.165) is 57.8 Å². The molecule has 0 heterocycles. The Kier molecular flexibility index (Phi) is 46.2. The number of rotatable bonds is 49. The van der Waals surface area contributed by atoms with E-state index in [0.29, 0.717) is 19.3 Å². The second kappa shape index (κ2) is 47.5. The molecule has 0 radical (unpaired) electrons. The van der Waals surface area contributed by atoms with Gasteiger partial charge in [0.15, 0.2) is 0 Å². The maximum absolute atomic E-state index is 12.9. The van der Waals surface area contributed by atoms with Crippen LogP contribution >= 0.6 is 0 Å². The number of esters is 2. The van der Waals surface area contributed by atoms with Crippen molar-refractivity contribution >= 4 is 17.9 Å². The molecule has 0 aliphatic carbocycles. The molecule has 0 rings (SSSR count). The maximum Gasteiger partial charge on any atom is 0.306 e. The van der Waals surface area contributed by atoms with Crippen molar-refractivity contribution in [2.75, 3.05) is 6.61 Å². The van der Waals surface area contributed by atoms with Crippen LogP contribution in [-0.2, 0) is 23.9 Å². The van der Waals surface area contributed by atoms with E-state index in [1.807, 2.05) is 0 Å². The van der Waals surface area contributed by atoms with Crippen molar-refractivity contribution < 1.29 is 29.0 Å². The molecule has 6 nitrogen and oxygen atoms in total. The molecule has 0 aromatic rings. The molecule has 1 N–H and O–H groups in total. The van der Waals surface area contributed by atoms with E-state index < -0.39 is 18.0 Å². The molecule has 0 amide bonds. The molecule has 59 heavy (non-hydrogen) atoms. The Morgan fingerprint density at radius 3 is 0.949 bits per heavy atom. The summed E-state index contributed by atoms with van der Waals surface area (Å²) in [4.78, 5) is 38.0. The Balaban J connectivity index is 4.54. The molecule has 350 valence electrons. The molecular weight excluding hydrogens is 733 g/mol. The van der Waals surface area contributed by atoms with Gasteiger partial charge in [-0.25, -0.2) is 0 Å². The fraction of sp³-hybridized carbons (Fsp3) is 0.943. The Bertz CT molecular complexity index is 889. The molecule has 0 aromatic carbocycles. The zero-order valence-electron chi connectivity index (χ0n) is 40.0. The van der Waals surface area contributed by atoms with Crippen molar-refractivity contribution in [3.8, 4) is 0 Å². The van der Waals surface area contributed by atoms with Crippen LogP contribution in [0.3, 0.4) is 0 Å². The smallest absolute Gasteiger partial charge is 0.306 e. The number of ether oxygens (including phenoxy) is 2. The predicted molar refractivity (Wildman–Crippen MR) is 252 cm³/mol. The lowest BCUT2D eigenvalue weighted by molar-refractivity contribution is -0.162. The van der Waals surface area contributed by atoms with E-state index >= 15 is 0 Å². The fourth-order valence-electron chi connectivity index (χ4n) is 8.47. The lowest BCUT2D eigenvalue weighted by atomic mass is 9.94. The van der Waals surface area contributed by atoms with E-state index in [-0.39, 0.29) is 25.0 Å². The van der Waals surface area contributed by atoms with Gasteiger partial charge in [0.05, 0.1) is 5.92 Å². The molecule has 0 saturated heterocycles. The molecule has 0 aliphatic rings. The number of hydrogen-bond acceptors (Lipinski definition) is 5. The molecule has 0 aliphatic heterocycles. The van der Waals surface area contributed by atoms with Gasteiger partial charge >= 0.3 is 17.9 Å². The summed E-state index contributed by atoms with van der Waals surface area (Å²) in [6, 6.07) is 0. The first-order valence-electron chi connectivity index (χ1n) is 26.5. The van der Waals surface area contributed by atoms with Crippen molar-refractivity contribution in [1.29, 1.82) is 0 Å². The van der Waals surface area contributed by atoms with Gasteiger partial charge in [-0.05, 0) is 19.3 Å².